The van der Waals surface area contributed by atoms with Crippen LogP contribution in [0.2, 0.25) is 0 Å². The van der Waals surface area contributed by atoms with Gasteiger partial charge in [-0.3, -0.25) is 0 Å². The highest BCUT2D eigenvalue weighted by Crippen LogP contribution is 1.45. The van der Waals surface area contributed by atoms with E-state index in [9.17, 15) is 0 Å². The van der Waals surface area contributed by atoms with Gasteiger partial charge in [-0.15, -0.1) is 13.2 Å². The zero-order valence-electron chi connectivity index (χ0n) is 3.50. The lowest BCUT2D eigenvalue weighted by atomic mass is 11.3. The van der Waals surface area contributed by atoms with E-state index in [0.29, 0.717) is 0 Å². The molecule has 0 amide bonds. The van der Waals surface area contributed by atoms with Crippen LogP contribution in [0, 0.1) is 0 Å². The predicted octanol–water partition coefficient (Wildman–Crippen LogP) is 1.98. The van der Waals surface area contributed by atoms with E-state index >= 15 is 0 Å². The topological polar surface area (TPSA) is 35.0 Å². The molecule has 2 heteroatoms. The van der Waals surface area contributed by atoms with Gasteiger partial charge in [-0.1, -0.05) is 15.9 Å². The number of alkyl halides is 1. The fraction of sp³-hybridized carbons (Fsp3) is 0.333. The van der Waals surface area contributed by atoms with Crippen LogP contribution in [0.4, 0.5) is 0 Å². The van der Waals surface area contributed by atoms with Crippen LogP contribution >= 0.6 is 15.9 Å². The molecule has 3 N–H and O–H groups in total. The van der Waals surface area contributed by atoms with Gasteiger partial charge in [0.15, 0.2) is 0 Å². The molecule has 0 saturated carbocycles. The third-order valence-corrected chi connectivity index (χ3v) is 0. The van der Waals surface area contributed by atoms with E-state index in [4.69, 9.17) is 0 Å². The minimum Gasteiger partial charge on any atom is -0.344 e. The van der Waals surface area contributed by atoms with Gasteiger partial charge in [-0.2, -0.15) is 0 Å². The minimum absolute atomic E-state index is 0. The van der Waals surface area contributed by atoms with E-state index in [0.717, 1.165) is 0 Å². The van der Waals surface area contributed by atoms with Gasteiger partial charge >= 0.3 is 0 Å². The molecule has 0 rings (SSSR count). The zero-order chi connectivity index (χ0) is 4.00. The van der Waals surface area contributed by atoms with E-state index in [1.54, 1.807) is 0 Å². The molecule has 0 aliphatic heterocycles. The van der Waals surface area contributed by atoms with Crippen molar-refractivity contribution in [2.24, 2.45) is 0 Å². The van der Waals surface area contributed by atoms with Crippen molar-refractivity contribution < 1.29 is 0 Å². The fourth-order valence-corrected chi connectivity index (χ4v) is 0. The Balaban J connectivity index is -0.0000000133. The molecule has 0 atom stereocenters. The van der Waals surface area contributed by atoms with Gasteiger partial charge in [0.2, 0.25) is 0 Å². The van der Waals surface area contributed by atoms with Gasteiger partial charge in [-0.25, -0.2) is 0 Å². The van der Waals surface area contributed by atoms with Crippen molar-refractivity contribution in [1.82, 2.24) is 6.15 Å². The largest absolute Gasteiger partial charge is 0.344 e. The fourth-order valence-electron chi connectivity index (χ4n) is 0. The molecular formula is C3H10BrN. The van der Waals surface area contributed by atoms with Crippen LogP contribution in [0.15, 0.2) is 13.2 Å². The average molecular weight is 140 g/mol. The van der Waals surface area contributed by atoms with Crippen LogP contribution in [-0.2, 0) is 0 Å². The molecule has 0 unspecified atom stereocenters. The molecule has 5 heavy (non-hydrogen) atoms. The van der Waals surface area contributed by atoms with E-state index < -0.39 is 0 Å². The Morgan fingerprint density at radius 3 is 1.20 bits per heavy atom. The molecule has 0 aliphatic carbocycles. The molecule has 0 aliphatic rings. The maximum atomic E-state index is 3.00. The van der Waals surface area contributed by atoms with E-state index in [1.165, 1.54) is 0 Å². The van der Waals surface area contributed by atoms with Gasteiger partial charge in [0.25, 0.3) is 0 Å². The highest BCUT2D eigenvalue weighted by atomic mass is 79.9. The molecule has 0 aromatic heterocycles. The monoisotopic (exact) mass is 139 g/mol. The van der Waals surface area contributed by atoms with Gasteiger partial charge in [-0.05, 0) is 5.83 Å². The Bertz CT molecular complexity index is 6.85. The molecule has 0 radical (unpaired) electrons. The average Bonchev–Trinajstić information content (AvgIpc) is 1.50. The van der Waals surface area contributed by atoms with Crippen molar-refractivity contribution in [3.63, 3.8) is 0 Å². The van der Waals surface area contributed by atoms with Crippen LogP contribution < -0.4 is 6.15 Å². The Hall–Kier alpha value is 0.180. The second-order valence-electron chi connectivity index (χ2n) is 0. The van der Waals surface area contributed by atoms with Gasteiger partial charge in [0, 0.05) is 0 Å². The molecule has 0 fully saturated rings. The molecule has 0 spiro atoms. The standard InChI is InChI=1S/C2H4.CH3Br.H3N/c2*1-2;/h1-2H2;1H3;1H3. The maximum absolute atomic E-state index is 3.00. The summed E-state index contributed by atoms with van der Waals surface area (Å²) in [5.74, 6) is 1.81. The van der Waals surface area contributed by atoms with Crippen LogP contribution in [0.25, 0.3) is 0 Å². The van der Waals surface area contributed by atoms with Crippen LogP contribution in [0.5, 0.6) is 0 Å². The van der Waals surface area contributed by atoms with E-state index in [-0.39, 0.29) is 6.15 Å². The summed E-state index contributed by atoms with van der Waals surface area (Å²) in [5, 5.41) is 0. The third kappa shape index (κ3) is 613. The molecule has 0 aromatic rings. The lowest BCUT2D eigenvalue weighted by Crippen LogP contribution is -0.808. The molecule has 0 aromatic carbocycles. The second kappa shape index (κ2) is 1300. The summed E-state index contributed by atoms with van der Waals surface area (Å²) < 4.78 is 0. The van der Waals surface area contributed by atoms with Crippen molar-refractivity contribution in [1.29, 1.82) is 0 Å². The van der Waals surface area contributed by atoms with Crippen LogP contribution in [0.1, 0.15) is 0 Å². The molecule has 0 saturated heterocycles. The summed E-state index contributed by atoms with van der Waals surface area (Å²) in [7, 11) is 0. The summed E-state index contributed by atoms with van der Waals surface area (Å²) in [5.41, 5.74) is 0. The molecule has 34 valence electrons. The number of halogens is 1. The Labute approximate surface area is 41.8 Å². The summed E-state index contributed by atoms with van der Waals surface area (Å²) in [6, 6.07) is 0. The van der Waals surface area contributed by atoms with Gasteiger partial charge in [0.05, 0.1) is 0 Å². The van der Waals surface area contributed by atoms with Crippen molar-refractivity contribution in [2.45, 2.75) is 0 Å². The minimum atomic E-state index is 0. The van der Waals surface area contributed by atoms with Crippen LogP contribution in [-0.4, -0.2) is 5.83 Å². The quantitative estimate of drug-likeness (QED) is 0.405. The molecule has 1 nitrogen and oxygen atoms in total. The number of rotatable bonds is 0. The first-order valence-electron chi connectivity index (χ1n) is 0.878. The SMILES string of the molecule is C=C.CBr.N. The van der Waals surface area contributed by atoms with Crippen molar-refractivity contribution >= 4 is 15.9 Å². The summed E-state index contributed by atoms with van der Waals surface area (Å²) in [4.78, 5) is 0. The van der Waals surface area contributed by atoms with Gasteiger partial charge in [0.1, 0.15) is 0 Å². The first-order chi connectivity index (χ1) is 2.00. The third-order valence-electron chi connectivity index (χ3n) is 0. The normalized spacial score (nSPS) is 2.00. The lowest BCUT2D eigenvalue weighted by Gasteiger charge is -1.05. The van der Waals surface area contributed by atoms with Crippen molar-refractivity contribution in [3.8, 4) is 0 Å². The Morgan fingerprint density at radius 2 is 1.20 bits per heavy atom. The Kier molecular flexibility index (Phi) is 4970. The first kappa shape index (κ1) is 19.0. The smallest absolute Gasteiger partial charge is 0.00848 e. The second-order valence-corrected chi connectivity index (χ2v) is 0. The van der Waals surface area contributed by atoms with E-state index in [1.807, 2.05) is 5.83 Å². The zero-order valence-corrected chi connectivity index (χ0v) is 5.09. The maximum Gasteiger partial charge on any atom is -0.00848 e. The molecule has 0 bridgehead atoms. The first-order valence-corrected chi connectivity index (χ1v) is 2.46. The number of hydrogen-bond donors (Lipinski definition) is 1. The highest BCUT2D eigenvalue weighted by Gasteiger charge is 0.948. The summed E-state index contributed by atoms with van der Waals surface area (Å²) >= 11 is 2.94. The van der Waals surface area contributed by atoms with Crippen molar-refractivity contribution in [2.75, 3.05) is 5.83 Å². The lowest BCUT2D eigenvalue weighted by molar-refractivity contribution is 2.13. The van der Waals surface area contributed by atoms with Crippen LogP contribution in [0.3, 0.4) is 0 Å². The van der Waals surface area contributed by atoms with Gasteiger partial charge < -0.3 is 6.15 Å². The van der Waals surface area contributed by atoms with E-state index in [2.05, 4.69) is 29.1 Å². The molecule has 0 heterocycles. The highest BCUT2D eigenvalue weighted by molar-refractivity contribution is 9.08. The predicted molar refractivity (Wildman–Crippen MR) is 31.1 cm³/mol. The van der Waals surface area contributed by atoms with Crippen molar-refractivity contribution in [3.05, 3.63) is 13.2 Å². The summed E-state index contributed by atoms with van der Waals surface area (Å²) in [6.45, 7) is 6.00. The molecular weight excluding hydrogens is 130 g/mol. The summed E-state index contributed by atoms with van der Waals surface area (Å²) in [6.07, 6.45) is 0. The number of hydrogen-bond acceptors (Lipinski definition) is 1. The Morgan fingerprint density at radius 1 is 1.20 bits per heavy atom.